The Morgan fingerprint density at radius 3 is 2.68 bits per heavy atom. The monoisotopic (exact) mass is 258 g/mol. The lowest BCUT2D eigenvalue weighted by atomic mass is 10.2. The van der Waals surface area contributed by atoms with Crippen molar-refractivity contribution in [3.05, 3.63) is 41.6 Å². The molecule has 0 aromatic heterocycles. The molecule has 0 aliphatic carbocycles. The molecule has 0 spiro atoms. The van der Waals surface area contributed by atoms with Gasteiger partial charge >= 0.3 is 6.09 Å². The Labute approximate surface area is 111 Å². The van der Waals surface area contributed by atoms with Crippen LogP contribution in [0.3, 0.4) is 0 Å². The smallest absolute Gasteiger partial charge is 0.422 e. The molecule has 5 heteroatoms. The number of hydrogen-bond acceptors (Lipinski definition) is 4. The first-order valence-electron chi connectivity index (χ1n) is 5.96. The molecule has 0 N–H and O–H groups in total. The van der Waals surface area contributed by atoms with Crippen LogP contribution in [0.15, 0.2) is 41.0 Å². The zero-order valence-electron chi connectivity index (χ0n) is 10.8. The van der Waals surface area contributed by atoms with Crippen molar-refractivity contribution in [3.63, 3.8) is 0 Å². The van der Waals surface area contributed by atoms with Gasteiger partial charge in [0.1, 0.15) is 11.5 Å². The molecule has 1 aliphatic heterocycles. The molecule has 0 unspecified atom stereocenters. The van der Waals surface area contributed by atoms with Crippen molar-refractivity contribution in [1.29, 1.82) is 0 Å². The second kappa shape index (κ2) is 5.48. The van der Waals surface area contributed by atoms with Crippen molar-refractivity contribution in [3.8, 4) is 0 Å². The van der Waals surface area contributed by atoms with Crippen LogP contribution in [-0.4, -0.2) is 29.3 Å². The highest BCUT2D eigenvalue weighted by Crippen LogP contribution is 2.18. The van der Waals surface area contributed by atoms with Crippen LogP contribution in [0.25, 0.3) is 6.08 Å². The fourth-order valence-corrected chi connectivity index (χ4v) is 1.74. The van der Waals surface area contributed by atoms with E-state index in [2.05, 4.69) is 4.99 Å². The molecule has 2 rings (SSSR count). The summed E-state index contributed by atoms with van der Waals surface area (Å²) in [6.45, 7) is 3.50. The molecule has 98 valence electrons. The summed E-state index contributed by atoms with van der Waals surface area (Å²) in [5.74, 6) is -0.134. The van der Waals surface area contributed by atoms with Gasteiger partial charge in [-0.2, -0.15) is 4.90 Å². The van der Waals surface area contributed by atoms with E-state index < -0.39 is 12.0 Å². The zero-order valence-corrected chi connectivity index (χ0v) is 10.8. The molecule has 0 bridgehead atoms. The maximum absolute atomic E-state index is 12.1. The van der Waals surface area contributed by atoms with E-state index in [1.54, 1.807) is 19.9 Å². The van der Waals surface area contributed by atoms with Crippen molar-refractivity contribution in [2.75, 3.05) is 6.61 Å². The Kier molecular flexibility index (Phi) is 3.75. The number of aliphatic imine (C=N–C) groups is 1. The van der Waals surface area contributed by atoms with Crippen LogP contribution in [0.4, 0.5) is 4.79 Å². The lowest BCUT2D eigenvalue weighted by molar-refractivity contribution is -0.121. The molecule has 0 atom stereocenters. The third-order valence-corrected chi connectivity index (χ3v) is 2.58. The summed E-state index contributed by atoms with van der Waals surface area (Å²) in [5.41, 5.74) is 1.09. The number of benzene rings is 1. The predicted molar refractivity (Wildman–Crippen MR) is 71.4 cm³/mol. The number of amides is 2. The maximum Gasteiger partial charge on any atom is 0.422 e. The van der Waals surface area contributed by atoms with Gasteiger partial charge in [0.25, 0.3) is 5.91 Å². The number of rotatable bonds is 2. The standard InChI is InChI=1S/C14H14N2O3/c1-3-19-14(18)16-10(2)15-12(13(16)17)9-11-7-5-4-6-8-11/h4-9H,3H2,1-2H3/b12-9+. The van der Waals surface area contributed by atoms with Gasteiger partial charge in [-0.3, -0.25) is 4.79 Å². The van der Waals surface area contributed by atoms with Crippen molar-refractivity contribution in [2.45, 2.75) is 13.8 Å². The van der Waals surface area contributed by atoms with Crippen molar-refractivity contribution in [1.82, 2.24) is 4.90 Å². The van der Waals surface area contributed by atoms with Gasteiger partial charge in [0, 0.05) is 0 Å². The highest BCUT2D eigenvalue weighted by Gasteiger charge is 2.33. The van der Waals surface area contributed by atoms with Crippen LogP contribution in [0.2, 0.25) is 0 Å². The Bertz CT molecular complexity index is 561. The van der Waals surface area contributed by atoms with Gasteiger partial charge in [-0.15, -0.1) is 0 Å². The van der Waals surface area contributed by atoms with E-state index in [9.17, 15) is 9.59 Å². The van der Waals surface area contributed by atoms with E-state index in [-0.39, 0.29) is 12.3 Å². The fourth-order valence-electron chi connectivity index (χ4n) is 1.74. The van der Waals surface area contributed by atoms with Gasteiger partial charge in [0.2, 0.25) is 0 Å². The number of ether oxygens (including phenoxy) is 1. The predicted octanol–water partition coefficient (Wildman–Crippen LogP) is 2.44. The minimum atomic E-state index is -0.690. The average Bonchev–Trinajstić information content (AvgIpc) is 2.66. The van der Waals surface area contributed by atoms with E-state index in [4.69, 9.17) is 4.74 Å². The minimum absolute atomic E-state index is 0.216. The summed E-state index contributed by atoms with van der Waals surface area (Å²) >= 11 is 0. The molecule has 1 aromatic carbocycles. The number of hydrogen-bond donors (Lipinski definition) is 0. The van der Waals surface area contributed by atoms with Crippen LogP contribution in [0.1, 0.15) is 19.4 Å². The Morgan fingerprint density at radius 1 is 1.37 bits per heavy atom. The summed E-state index contributed by atoms with van der Waals surface area (Å²) in [6.07, 6.45) is 0.954. The molecule has 0 fully saturated rings. The lowest BCUT2D eigenvalue weighted by Crippen LogP contribution is -2.37. The molecule has 0 saturated heterocycles. The molecule has 0 radical (unpaired) electrons. The normalized spacial score (nSPS) is 16.7. The minimum Gasteiger partial charge on any atom is -0.449 e. The van der Waals surface area contributed by atoms with Crippen LogP contribution in [-0.2, 0) is 9.53 Å². The molecular weight excluding hydrogens is 244 g/mol. The van der Waals surface area contributed by atoms with Gasteiger partial charge in [-0.05, 0) is 25.5 Å². The highest BCUT2D eigenvalue weighted by molar-refractivity contribution is 6.21. The Balaban J connectivity index is 2.26. The summed E-state index contributed by atoms with van der Waals surface area (Å²) in [5, 5.41) is 0. The van der Waals surface area contributed by atoms with Crippen molar-refractivity contribution >= 4 is 23.9 Å². The Hall–Kier alpha value is -2.43. The van der Waals surface area contributed by atoms with Gasteiger partial charge in [-0.1, -0.05) is 30.3 Å². The SMILES string of the molecule is CCOC(=O)N1C(=O)/C(=C\c2ccccc2)N=C1C. The molecule has 1 aliphatic rings. The van der Waals surface area contributed by atoms with Crippen LogP contribution < -0.4 is 0 Å². The average molecular weight is 258 g/mol. The number of amidine groups is 1. The molecule has 1 aromatic rings. The lowest BCUT2D eigenvalue weighted by Gasteiger charge is -2.12. The van der Waals surface area contributed by atoms with Crippen LogP contribution >= 0.6 is 0 Å². The first kappa shape index (κ1) is 13.0. The Morgan fingerprint density at radius 2 is 2.05 bits per heavy atom. The number of carbonyl (C=O) groups excluding carboxylic acids is 2. The van der Waals surface area contributed by atoms with E-state index >= 15 is 0 Å². The quantitative estimate of drug-likeness (QED) is 0.765. The van der Waals surface area contributed by atoms with Gasteiger partial charge < -0.3 is 4.74 Å². The number of carbonyl (C=O) groups is 2. The number of imide groups is 1. The van der Waals surface area contributed by atoms with E-state index in [1.807, 2.05) is 30.3 Å². The maximum atomic E-state index is 12.1. The first-order chi connectivity index (χ1) is 9.13. The van der Waals surface area contributed by atoms with E-state index in [0.29, 0.717) is 5.84 Å². The summed E-state index contributed by atoms with van der Waals surface area (Å²) in [7, 11) is 0. The zero-order chi connectivity index (χ0) is 13.8. The van der Waals surface area contributed by atoms with E-state index in [1.165, 1.54) is 0 Å². The van der Waals surface area contributed by atoms with Gasteiger partial charge in [0.15, 0.2) is 0 Å². The molecule has 1 heterocycles. The second-order valence-electron chi connectivity index (χ2n) is 3.94. The van der Waals surface area contributed by atoms with Crippen molar-refractivity contribution < 1.29 is 14.3 Å². The molecule has 0 saturated carbocycles. The molecular formula is C14H14N2O3. The first-order valence-corrected chi connectivity index (χ1v) is 5.96. The van der Waals surface area contributed by atoms with Crippen molar-refractivity contribution in [2.24, 2.45) is 4.99 Å². The van der Waals surface area contributed by atoms with Crippen LogP contribution in [0, 0.1) is 0 Å². The van der Waals surface area contributed by atoms with Gasteiger partial charge in [0.05, 0.1) is 6.61 Å². The highest BCUT2D eigenvalue weighted by atomic mass is 16.6. The summed E-state index contributed by atoms with van der Waals surface area (Å²) < 4.78 is 4.82. The molecule has 2 amide bonds. The van der Waals surface area contributed by atoms with Gasteiger partial charge in [-0.25, -0.2) is 9.79 Å². The topological polar surface area (TPSA) is 59.0 Å². The second-order valence-corrected chi connectivity index (χ2v) is 3.94. The summed E-state index contributed by atoms with van der Waals surface area (Å²) in [4.78, 5) is 28.8. The summed E-state index contributed by atoms with van der Waals surface area (Å²) in [6, 6.07) is 9.34. The number of nitrogens with zero attached hydrogens (tertiary/aromatic N) is 2. The third-order valence-electron chi connectivity index (χ3n) is 2.58. The van der Waals surface area contributed by atoms with E-state index in [0.717, 1.165) is 10.5 Å². The largest absolute Gasteiger partial charge is 0.449 e. The fraction of sp³-hybridized carbons (Fsp3) is 0.214. The van der Waals surface area contributed by atoms with Crippen LogP contribution in [0.5, 0.6) is 0 Å². The molecule has 5 nitrogen and oxygen atoms in total. The third kappa shape index (κ3) is 2.70. The molecule has 19 heavy (non-hydrogen) atoms.